The minimum absolute atomic E-state index is 0.330. The van der Waals surface area contributed by atoms with Crippen molar-refractivity contribution in [2.75, 3.05) is 0 Å². The number of carbonyl (C=O) groups excluding carboxylic acids is 2. The maximum Gasteiger partial charge on any atom is 0.321 e. The number of rotatable bonds is 3. The molecule has 0 bridgehead atoms. The first-order valence-corrected chi connectivity index (χ1v) is 7.20. The number of hydrogen-bond acceptors (Lipinski definition) is 5. The van der Waals surface area contributed by atoms with E-state index in [2.05, 4.69) is 0 Å². The summed E-state index contributed by atoms with van der Waals surface area (Å²) in [5, 5.41) is 9.40. The fraction of sp³-hybridized carbons (Fsp3) is 0.750. The van der Waals surface area contributed by atoms with Crippen molar-refractivity contribution in [2.45, 2.75) is 65.8 Å². The average Bonchev–Trinajstić information content (AvgIpc) is 2.58. The fourth-order valence-electron chi connectivity index (χ4n) is 2.12. The molecule has 1 N–H and O–H groups in total. The molecule has 1 aliphatic carbocycles. The molecule has 1 rings (SSSR count). The molecule has 21 heavy (non-hydrogen) atoms. The van der Waals surface area contributed by atoms with Crippen LogP contribution in [0.4, 0.5) is 0 Å². The summed E-state index contributed by atoms with van der Waals surface area (Å²) in [4.78, 5) is 24.6. The van der Waals surface area contributed by atoms with Gasteiger partial charge in [0.1, 0.15) is 11.7 Å². The first-order valence-electron chi connectivity index (χ1n) is 7.20. The van der Waals surface area contributed by atoms with Crippen molar-refractivity contribution in [1.82, 2.24) is 0 Å². The number of hydrogen-bond donors (Lipinski definition) is 1. The molecular weight excluding hydrogens is 272 g/mol. The number of esters is 2. The Kier molecular flexibility index (Phi) is 5.20. The third-order valence-corrected chi connectivity index (χ3v) is 3.03. The van der Waals surface area contributed by atoms with Crippen molar-refractivity contribution in [2.24, 2.45) is 11.3 Å². The Hall–Kier alpha value is -1.36. The quantitative estimate of drug-likeness (QED) is 0.491. The zero-order valence-electron chi connectivity index (χ0n) is 13.7. The van der Waals surface area contributed by atoms with Crippen LogP contribution in [0.15, 0.2) is 12.2 Å². The van der Waals surface area contributed by atoms with Crippen LogP contribution in [0.5, 0.6) is 0 Å². The van der Waals surface area contributed by atoms with Gasteiger partial charge in [0.2, 0.25) is 0 Å². The van der Waals surface area contributed by atoms with Crippen molar-refractivity contribution in [3.63, 3.8) is 0 Å². The highest BCUT2D eigenvalue weighted by molar-refractivity contribution is 5.96. The van der Waals surface area contributed by atoms with E-state index >= 15 is 0 Å². The van der Waals surface area contributed by atoms with Gasteiger partial charge in [-0.1, -0.05) is 26.8 Å². The van der Waals surface area contributed by atoms with Crippen LogP contribution in [-0.4, -0.2) is 34.9 Å². The second-order valence-electron chi connectivity index (χ2n) is 7.50. The van der Waals surface area contributed by atoms with E-state index in [1.165, 1.54) is 0 Å². The molecule has 0 aromatic rings. The minimum Gasteiger partial charge on any atom is -0.459 e. The lowest BCUT2D eigenvalue weighted by Gasteiger charge is -2.30. The van der Waals surface area contributed by atoms with Crippen LogP contribution in [0.3, 0.4) is 0 Å². The molecule has 5 nitrogen and oxygen atoms in total. The zero-order valence-corrected chi connectivity index (χ0v) is 13.7. The van der Waals surface area contributed by atoms with E-state index in [4.69, 9.17) is 9.47 Å². The monoisotopic (exact) mass is 298 g/mol. The van der Waals surface area contributed by atoms with Crippen LogP contribution in [0.25, 0.3) is 0 Å². The summed E-state index contributed by atoms with van der Waals surface area (Å²) < 4.78 is 10.6. The van der Waals surface area contributed by atoms with Crippen LogP contribution in [0.2, 0.25) is 0 Å². The fourth-order valence-corrected chi connectivity index (χ4v) is 2.12. The normalized spacial score (nSPS) is 23.8. The summed E-state index contributed by atoms with van der Waals surface area (Å²) in [5.41, 5.74) is -1.27. The molecule has 3 atom stereocenters. The van der Waals surface area contributed by atoms with E-state index < -0.39 is 41.1 Å². The summed E-state index contributed by atoms with van der Waals surface area (Å²) in [6.45, 7) is 10.6. The van der Waals surface area contributed by atoms with Gasteiger partial charge in [-0.25, -0.2) is 0 Å². The van der Waals surface area contributed by atoms with Crippen molar-refractivity contribution in [3.8, 4) is 0 Å². The molecule has 1 aliphatic rings. The summed E-state index contributed by atoms with van der Waals surface area (Å²) in [6, 6.07) is 0. The van der Waals surface area contributed by atoms with E-state index in [0.717, 1.165) is 0 Å². The van der Waals surface area contributed by atoms with Gasteiger partial charge in [-0.2, -0.15) is 0 Å². The third-order valence-electron chi connectivity index (χ3n) is 3.03. The summed E-state index contributed by atoms with van der Waals surface area (Å²) in [7, 11) is 0. The van der Waals surface area contributed by atoms with Crippen molar-refractivity contribution in [3.05, 3.63) is 12.2 Å². The number of ether oxygens (including phenoxy) is 2. The highest BCUT2D eigenvalue weighted by Crippen LogP contribution is 2.31. The van der Waals surface area contributed by atoms with Crippen molar-refractivity contribution >= 4 is 11.9 Å². The van der Waals surface area contributed by atoms with Gasteiger partial charge in [-0.15, -0.1) is 0 Å². The van der Waals surface area contributed by atoms with Crippen molar-refractivity contribution < 1.29 is 24.2 Å². The molecule has 0 spiro atoms. The first kappa shape index (κ1) is 17.7. The number of aliphatic hydroxyl groups is 1. The standard InChI is InChI=1S/C16H26O5/c1-15(2,3)12(14(19)21-16(4,5)6)13(18)20-11-8-7-10(17)9-11/h7-8,10-12,17H,9H2,1-6H3. The summed E-state index contributed by atoms with van der Waals surface area (Å²) in [5.74, 6) is -2.19. The van der Waals surface area contributed by atoms with E-state index in [9.17, 15) is 14.7 Å². The number of aliphatic hydroxyl groups excluding tert-OH is 1. The lowest BCUT2D eigenvalue weighted by atomic mass is 9.80. The Morgan fingerprint density at radius 1 is 1.10 bits per heavy atom. The van der Waals surface area contributed by atoms with E-state index in [1.54, 1.807) is 53.7 Å². The van der Waals surface area contributed by atoms with E-state index in [-0.39, 0.29) is 0 Å². The predicted molar refractivity (Wildman–Crippen MR) is 78.4 cm³/mol. The molecule has 0 saturated carbocycles. The predicted octanol–water partition coefficient (Wildman–Crippen LogP) is 2.22. The van der Waals surface area contributed by atoms with Gasteiger partial charge in [-0.3, -0.25) is 9.59 Å². The molecule has 0 aromatic heterocycles. The molecule has 0 radical (unpaired) electrons. The first-order chi connectivity index (χ1) is 9.40. The summed E-state index contributed by atoms with van der Waals surface area (Å²) >= 11 is 0. The van der Waals surface area contributed by atoms with Crippen LogP contribution < -0.4 is 0 Å². The minimum atomic E-state index is -0.997. The summed E-state index contributed by atoms with van der Waals surface area (Å²) in [6.07, 6.45) is 2.46. The molecule has 0 fully saturated rings. The maximum absolute atomic E-state index is 12.3. The zero-order chi connectivity index (χ0) is 16.4. The second kappa shape index (κ2) is 6.18. The van der Waals surface area contributed by atoms with Crippen LogP contribution in [-0.2, 0) is 19.1 Å². The van der Waals surface area contributed by atoms with Gasteiger partial charge in [-0.05, 0) is 32.3 Å². The molecule has 120 valence electrons. The Labute approximate surface area is 126 Å². The lowest BCUT2D eigenvalue weighted by molar-refractivity contribution is -0.176. The highest BCUT2D eigenvalue weighted by Gasteiger charge is 2.42. The van der Waals surface area contributed by atoms with Gasteiger partial charge < -0.3 is 14.6 Å². The van der Waals surface area contributed by atoms with E-state index in [0.29, 0.717) is 6.42 Å². The topological polar surface area (TPSA) is 72.8 Å². The van der Waals surface area contributed by atoms with Crippen LogP contribution in [0.1, 0.15) is 48.0 Å². The Bertz CT molecular complexity index is 425. The van der Waals surface area contributed by atoms with Gasteiger partial charge >= 0.3 is 11.9 Å². The lowest BCUT2D eigenvalue weighted by Crippen LogP contribution is -2.41. The third kappa shape index (κ3) is 5.50. The molecule has 0 amide bonds. The Balaban J connectivity index is 2.81. The molecule has 0 saturated heterocycles. The molecule has 5 heteroatoms. The smallest absolute Gasteiger partial charge is 0.321 e. The average molecular weight is 298 g/mol. The van der Waals surface area contributed by atoms with Crippen molar-refractivity contribution in [1.29, 1.82) is 0 Å². The highest BCUT2D eigenvalue weighted by atomic mass is 16.6. The largest absolute Gasteiger partial charge is 0.459 e. The second-order valence-corrected chi connectivity index (χ2v) is 7.50. The van der Waals surface area contributed by atoms with Crippen LogP contribution in [0, 0.1) is 11.3 Å². The van der Waals surface area contributed by atoms with Gasteiger partial charge in [0.25, 0.3) is 0 Å². The van der Waals surface area contributed by atoms with E-state index in [1.807, 2.05) is 0 Å². The van der Waals surface area contributed by atoms with Gasteiger partial charge in [0.05, 0.1) is 6.10 Å². The Morgan fingerprint density at radius 2 is 1.67 bits per heavy atom. The molecule has 0 heterocycles. The van der Waals surface area contributed by atoms with Crippen LogP contribution >= 0.6 is 0 Å². The Morgan fingerprint density at radius 3 is 2.05 bits per heavy atom. The van der Waals surface area contributed by atoms with Gasteiger partial charge in [0, 0.05) is 6.42 Å². The molecule has 0 aliphatic heterocycles. The SMILES string of the molecule is CC(C)(C)OC(=O)C(C(=O)OC1C=CC(O)C1)C(C)(C)C. The number of carbonyl (C=O) groups is 2. The molecular formula is C16H26O5. The molecule has 0 aromatic carbocycles. The van der Waals surface area contributed by atoms with Gasteiger partial charge in [0.15, 0.2) is 5.92 Å². The maximum atomic E-state index is 12.3. The molecule has 3 unspecified atom stereocenters.